The fraction of sp³-hybridized carbons (Fsp3) is 0.214. The monoisotopic (exact) mass is 202 g/mol. The molecule has 0 saturated carbocycles. The van der Waals surface area contributed by atoms with E-state index in [2.05, 4.69) is 6.58 Å². The second kappa shape index (κ2) is 8.95. The third kappa shape index (κ3) is 8.69. The molecule has 0 heterocycles. The maximum Gasteiger partial charge on any atom is 0.152 e. The van der Waals surface area contributed by atoms with Gasteiger partial charge in [0.05, 0.1) is 0 Å². The largest absolute Gasteiger partial charge is 0.295 e. The van der Waals surface area contributed by atoms with Gasteiger partial charge in [-0.1, -0.05) is 56.0 Å². The molecular formula is C14H18O. The predicted molar refractivity (Wildman–Crippen MR) is 66.6 cm³/mol. The van der Waals surface area contributed by atoms with Gasteiger partial charge < -0.3 is 0 Å². The summed E-state index contributed by atoms with van der Waals surface area (Å²) in [6.07, 6.45) is 6.21. The molecule has 0 aliphatic carbocycles. The number of carbonyl (C=O) groups is 1. The minimum absolute atomic E-state index is 0.127. The van der Waals surface area contributed by atoms with Gasteiger partial charge in [0, 0.05) is 0 Å². The van der Waals surface area contributed by atoms with E-state index in [0.717, 1.165) is 6.42 Å². The van der Waals surface area contributed by atoms with Gasteiger partial charge in [0.25, 0.3) is 0 Å². The summed E-state index contributed by atoms with van der Waals surface area (Å²) >= 11 is 0. The molecule has 0 N–H and O–H groups in total. The van der Waals surface area contributed by atoms with E-state index in [-0.39, 0.29) is 5.78 Å². The number of hydrogen-bond acceptors (Lipinski definition) is 1. The van der Waals surface area contributed by atoms with Crippen LogP contribution < -0.4 is 0 Å². The van der Waals surface area contributed by atoms with E-state index in [1.807, 2.05) is 49.4 Å². The maximum absolute atomic E-state index is 10.1. The number of allylic oxidation sites excluding steroid dienone is 2. The third-order valence-corrected chi connectivity index (χ3v) is 1.62. The fourth-order valence-electron chi connectivity index (χ4n) is 0.873. The van der Waals surface area contributed by atoms with Crippen LogP contribution in [0.15, 0.2) is 49.1 Å². The Hall–Kier alpha value is -1.63. The minimum Gasteiger partial charge on any atom is -0.295 e. The SMILES string of the molecule is C=Cc1ccccc1.CCC=CC(C)=O. The normalized spacial score (nSPS) is 9.20. The first-order chi connectivity index (χ1) is 7.20. The number of benzene rings is 1. The van der Waals surface area contributed by atoms with Crippen molar-refractivity contribution in [3.8, 4) is 0 Å². The number of hydrogen-bond donors (Lipinski definition) is 0. The summed E-state index contributed by atoms with van der Waals surface area (Å²) in [4.78, 5) is 10.1. The summed E-state index contributed by atoms with van der Waals surface area (Å²) in [7, 11) is 0. The van der Waals surface area contributed by atoms with E-state index < -0.39 is 0 Å². The first-order valence-electron chi connectivity index (χ1n) is 5.05. The summed E-state index contributed by atoms with van der Waals surface area (Å²) in [5.74, 6) is 0.127. The lowest BCUT2D eigenvalue weighted by Crippen LogP contribution is -1.77. The zero-order chi connectivity index (χ0) is 11.5. The minimum atomic E-state index is 0.127. The second-order valence-electron chi connectivity index (χ2n) is 3.04. The van der Waals surface area contributed by atoms with Crippen molar-refractivity contribution < 1.29 is 4.79 Å². The van der Waals surface area contributed by atoms with Crippen molar-refractivity contribution in [1.29, 1.82) is 0 Å². The van der Waals surface area contributed by atoms with Gasteiger partial charge >= 0.3 is 0 Å². The van der Waals surface area contributed by atoms with Crippen LogP contribution in [0.2, 0.25) is 0 Å². The standard InChI is InChI=1S/C8H8.C6H10O/c1-2-8-6-4-3-5-7-8;1-3-4-5-6(2)7/h2-7H,1H2;4-5H,3H2,1-2H3. The summed E-state index contributed by atoms with van der Waals surface area (Å²) in [5, 5.41) is 0. The quantitative estimate of drug-likeness (QED) is 0.680. The molecule has 15 heavy (non-hydrogen) atoms. The molecule has 0 unspecified atom stereocenters. The van der Waals surface area contributed by atoms with Crippen molar-refractivity contribution in [1.82, 2.24) is 0 Å². The molecule has 0 saturated heterocycles. The van der Waals surface area contributed by atoms with E-state index in [9.17, 15) is 4.79 Å². The van der Waals surface area contributed by atoms with Crippen LogP contribution in [0, 0.1) is 0 Å². The number of rotatable bonds is 3. The first-order valence-corrected chi connectivity index (χ1v) is 5.05. The third-order valence-electron chi connectivity index (χ3n) is 1.62. The molecule has 0 fully saturated rings. The average Bonchev–Trinajstić information content (AvgIpc) is 2.28. The van der Waals surface area contributed by atoms with Gasteiger partial charge in [0.15, 0.2) is 5.78 Å². The van der Waals surface area contributed by atoms with E-state index in [0.29, 0.717) is 0 Å². The highest BCUT2D eigenvalue weighted by Gasteiger charge is 1.76. The Bertz CT molecular complexity index is 309. The predicted octanol–water partition coefficient (Wildman–Crippen LogP) is 3.87. The molecule has 1 nitrogen and oxygen atoms in total. The lowest BCUT2D eigenvalue weighted by Gasteiger charge is -1.85. The molecule has 1 aromatic carbocycles. The van der Waals surface area contributed by atoms with Crippen LogP contribution >= 0.6 is 0 Å². The van der Waals surface area contributed by atoms with Crippen molar-refractivity contribution in [2.45, 2.75) is 20.3 Å². The van der Waals surface area contributed by atoms with Crippen LogP contribution in [0.5, 0.6) is 0 Å². The van der Waals surface area contributed by atoms with Gasteiger partial charge in [-0.05, 0) is 25.0 Å². The molecule has 0 aliphatic rings. The molecule has 0 radical (unpaired) electrons. The molecule has 0 bridgehead atoms. The molecule has 0 aromatic heterocycles. The zero-order valence-electron chi connectivity index (χ0n) is 9.44. The molecule has 0 aliphatic heterocycles. The topological polar surface area (TPSA) is 17.1 Å². The fourth-order valence-corrected chi connectivity index (χ4v) is 0.873. The number of carbonyl (C=O) groups excluding carboxylic acids is 1. The smallest absolute Gasteiger partial charge is 0.152 e. The van der Waals surface area contributed by atoms with Gasteiger partial charge in [0.2, 0.25) is 0 Å². The molecule has 1 rings (SSSR count). The highest BCUT2D eigenvalue weighted by Crippen LogP contribution is 1.97. The summed E-state index contributed by atoms with van der Waals surface area (Å²) in [6, 6.07) is 10.0. The Balaban J connectivity index is 0.000000265. The zero-order valence-corrected chi connectivity index (χ0v) is 9.44. The first kappa shape index (κ1) is 13.4. The van der Waals surface area contributed by atoms with Crippen molar-refractivity contribution in [3.05, 3.63) is 54.6 Å². The molecule has 1 aromatic rings. The van der Waals surface area contributed by atoms with E-state index in [1.54, 1.807) is 13.0 Å². The van der Waals surface area contributed by atoms with Crippen LogP contribution in [0.3, 0.4) is 0 Å². The Morgan fingerprint density at radius 1 is 1.33 bits per heavy atom. The molecule has 80 valence electrons. The van der Waals surface area contributed by atoms with Crippen LogP contribution in [-0.4, -0.2) is 5.78 Å². The Morgan fingerprint density at radius 2 is 1.93 bits per heavy atom. The van der Waals surface area contributed by atoms with Gasteiger partial charge in [-0.3, -0.25) is 4.79 Å². The molecule has 0 amide bonds. The van der Waals surface area contributed by atoms with E-state index in [1.165, 1.54) is 5.56 Å². The molecular weight excluding hydrogens is 184 g/mol. The highest BCUT2D eigenvalue weighted by molar-refractivity contribution is 5.87. The van der Waals surface area contributed by atoms with Crippen LogP contribution in [0.1, 0.15) is 25.8 Å². The molecule has 0 spiro atoms. The van der Waals surface area contributed by atoms with Gasteiger partial charge in [-0.2, -0.15) is 0 Å². The average molecular weight is 202 g/mol. The van der Waals surface area contributed by atoms with Crippen molar-refractivity contribution in [2.75, 3.05) is 0 Å². The summed E-state index contributed by atoms with van der Waals surface area (Å²) < 4.78 is 0. The Labute approximate surface area is 92.1 Å². The van der Waals surface area contributed by atoms with Crippen LogP contribution in [0.4, 0.5) is 0 Å². The van der Waals surface area contributed by atoms with Crippen LogP contribution in [0.25, 0.3) is 6.08 Å². The second-order valence-corrected chi connectivity index (χ2v) is 3.04. The van der Waals surface area contributed by atoms with Gasteiger partial charge in [0.1, 0.15) is 0 Å². The Kier molecular flexibility index (Phi) is 7.97. The van der Waals surface area contributed by atoms with E-state index in [4.69, 9.17) is 0 Å². The molecule has 1 heteroatoms. The highest BCUT2D eigenvalue weighted by atomic mass is 16.1. The number of ketones is 1. The van der Waals surface area contributed by atoms with Crippen molar-refractivity contribution in [2.24, 2.45) is 0 Å². The molecule has 0 atom stereocenters. The van der Waals surface area contributed by atoms with Crippen molar-refractivity contribution in [3.63, 3.8) is 0 Å². The van der Waals surface area contributed by atoms with Crippen molar-refractivity contribution >= 4 is 11.9 Å². The summed E-state index contributed by atoms with van der Waals surface area (Å²) in [6.45, 7) is 7.18. The van der Waals surface area contributed by atoms with Gasteiger partial charge in [-0.25, -0.2) is 0 Å². The maximum atomic E-state index is 10.1. The lowest BCUT2D eigenvalue weighted by atomic mass is 10.2. The van der Waals surface area contributed by atoms with E-state index >= 15 is 0 Å². The van der Waals surface area contributed by atoms with Crippen LogP contribution in [-0.2, 0) is 4.79 Å². The lowest BCUT2D eigenvalue weighted by molar-refractivity contribution is -0.112. The Morgan fingerprint density at radius 3 is 2.20 bits per heavy atom. The summed E-state index contributed by atoms with van der Waals surface area (Å²) in [5.41, 5.74) is 1.17. The van der Waals surface area contributed by atoms with Gasteiger partial charge in [-0.15, -0.1) is 0 Å².